The SMILES string of the molecule is CN1CCC(N(CCc2ccccc2)Cc2noc(C3CC3)n2)CC1. The number of aromatic nitrogens is 2. The predicted molar refractivity (Wildman–Crippen MR) is 97.3 cm³/mol. The lowest BCUT2D eigenvalue weighted by molar-refractivity contribution is 0.112. The average Bonchev–Trinajstić information content (AvgIpc) is 3.39. The normalized spacial score (nSPS) is 19.6. The molecule has 1 aromatic carbocycles. The third kappa shape index (κ3) is 4.47. The monoisotopic (exact) mass is 340 g/mol. The Morgan fingerprint density at radius 1 is 1.12 bits per heavy atom. The van der Waals surface area contributed by atoms with E-state index in [4.69, 9.17) is 4.52 Å². The molecule has 0 radical (unpaired) electrons. The molecule has 1 saturated heterocycles. The van der Waals surface area contributed by atoms with Crippen LogP contribution in [0.5, 0.6) is 0 Å². The van der Waals surface area contributed by atoms with Crippen molar-refractivity contribution in [3.63, 3.8) is 0 Å². The summed E-state index contributed by atoms with van der Waals surface area (Å²) in [7, 11) is 2.21. The Bertz CT molecular complexity index is 659. The largest absolute Gasteiger partial charge is 0.339 e. The first-order chi connectivity index (χ1) is 12.3. The molecule has 25 heavy (non-hydrogen) atoms. The Hall–Kier alpha value is -1.72. The summed E-state index contributed by atoms with van der Waals surface area (Å²) in [4.78, 5) is 9.64. The van der Waals surface area contributed by atoms with Crippen molar-refractivity contribution < 1.29 is 4.52 Å². The van der Waals surface area contributed by atoms with Crippen molar-refractivity contribution in [1.29, 1.82) is 0 Å². The first kappa shape index (κ1) is 16.7. The molecule has 0 atom stereocenters. The molecule has 2 aliphatic rings. The van der Waals surface area contributed by atoms with Crippen molar-refractivity contribution in [3.8, 4) is 0 Å². The van der Waals surface area contributed by atoms with E-state index in [0.717, 1.165) is 31.2 Å². The van der Waals surface area contributed by atoms with E-state index in [-0.39, 0.29) is 0 Å². The van der Waals surface area contributed by atoms with Gasteiger partial charge in [-0.3, -0.25) is 4.90 Å². The van der Waals surface area contributed by atoms with Crippen LogP contribution in [0.3, 0.4) is 0 Å². The van der Waals surface area contributed by atoms with Gasteiger partial charge in [-0.05, 0) is 57.8 Å². The van der Waals surface area contributed by atoms with Crippen LogP contribution in [0.25, 0.3) is 0 Å². The second-order valence-corrected chi connectivity index (χ2v) is 7.56. The van der Waals surface area contributed by atoms with Gasteiger partial charge in [0.2, 0.25) is 5.89 Å². The number of hydrogen-bond donors (Lipinski definition) is 0. The van der Waals surface area contributed by atoms with Gasteiger partial charge in [0.1, 0.15) is 0 Å². The molecule has 0 spiro atoms. The van der Waals surface area contributed by atoms with Crippen molar-refractivity contribution in [2.24, 2.45) is 0 Å². The van der Waals surface area contributed by atoms with Gasteiger partial charge in [-0.2, -0.15) is 4.98 Å². The third-order valence-electron chi connectivity index (χ3n) is 5.49. The van der Waals surface area contributed by atoms with Gasteiger partial charge in [-0.15, -0.1) is 0 Å². The number of piperidine rings is 1. The number of rotatable bonds is 7. The third-order valence-corrected chi connectivity index (χ3v) is 5.49. The van der Waals surface area contributed by atoms with Crippen LogP contribution in [0.4, 0.5) is 0 Å². The molecule has 2 fully saturated rings. The Labute approximate surface area is 150 Å². The molecule has 2 aromatic rings. The van der Waals surface area contributed by atoms with Crippen LogP contribution >= 0.6 is 0 Å². The quantitative estimate of drug-likeness (QED) is 0.775. The summed E-state index contributed by atoms with van der Waals surface area (Å²) < 4.78 is 5.46. The number of hydrogen-bond acceptors (Lipinski definition) is 5. The molecule has 4 rings (SSSR count). The Morgan fingerprint density at radius 3 is 2.60 bits per heavy atom. The van der Waals surface area contributed by atoms with Gasteiger partial charge in [0.05, 0.1) is 6.54 Å². The molecule has 0 unspecified atom stereocenters. The van der Waals surface area contributed by atoms with Crippen molar-refractivity contribution in [2.75, 3.05) is 26.7 Å². The zero-order valence-corrected chi connectivity index (χ0v) is 15.1. The summed E-state index contributed by atoms with van der Waals surface area (Å²) in [5.74, 6) is 2.23. The van der Waals surface area contributed by atoms with E-state index in [9.17, 15) is 0 Å². The van der Waals surface area contributed by atoms with Crippen molar-refractivity contribution in [1.82, 2.24) is 19.9 Å². The lowest BCUT2D eigenvalue weighted by Gasteiger charge is -2.36. The Morgan fingerprint density at radius 2 is 1.88 bits per heavy atom. The summed E-state index contributed by atoms with van der Waals surface area (Å²) in [5.41, 5.74) is 1.40. The van der Waals surface area contributed by atoms with Crippen LogP contribution in [0.2, 0.25) is 0 Å². The molecule has 5 nitrogen and oxygen atoms in total. The van der Waals surface area contributed by atoms with E-state index in [1.807, 2.05) is 0 Å². The van der Waals surface area contributed by atoms with Gasteiger partial charge in [0.15, 0.2) is 5.82 Å². The van der Waals surface area contributed by atoms with E-state index in [1.54, 1.807) is 0 Å². The highest BCUT2D eigenvalue weighted by Crippen LogP contribution is 2.38. The van der Waals surface area contributed by atoms with Crippen LogP contribution in [0.1, 0.15) is 48.9 Å². The molecule has 1 aromatic heterocycles. The zero-order valence-electron chi connectivity index (χ0n) is 15.1. The molecule has 0 amide bonds. The molecule has 5 heteroatoms. The van der Waals surface area contributed by atoms with Crippen molar-refractivity contribution in [3.05, 3.63) is 47.6 Å². The molecule has 0 bridgehead atoms. The minimum atomic E-state index is 0.530. The summed E-state index contributed by atoms with van der Waals surface area (Å²) in [6.45, 7) is 4.20. The fourth-order valence-electron chi connectivity index (χ4n) is 3.68. The molecule has 1 aliphatic heterocycles. The second-order valence-electron chi connectivity index (χ2n) is 7.56. The van der Waals surface area contributed by atoms with Crippen LogP contribution in [-0.2, 0) is 13.0 Å². The lowest BCUT2D eigenvalue weighted by atomic mass is 10.0. The van der Waals surface area contributed by atoms with Crippen molar-refractivity contribution in [2.45, 2.75) is 50.6 Å². The van der Waals surface area contributed by atoms with Gasteiger partial charge < -0.3 is 9.42 Å². The first-order valence-electron chi connectivity index (χ1n) is 9.57. The van der Waals surface area contributed by atoms with Gasteiger partial charge >= 0.3 is 0 Å². The summed E-state index contributed by atoms with van der Waals surface area (Å²) in [6, 6.07) is 11.4. The van der Waals surface area contributed by atoms with Gasteiger partial charge in [0.25, 0.3) is 0 Å². The van der Waals surface area contributed by atoms with Gasteiger partial charge in [-0.25, -0.2) is 0 Å². The molecule has 1 saturated carbocycles. The molecular formula is C20H28N4O. The fraction of sp³-hybridized carbons (Fsp3) is 0.600. The smallest absolute Gasteiger partial charge is 0.229 e. The first-order valence-corrected chi connectivity index (χ1v) is 9.57. The van der Waals surface area contributed by atoms with E-state index >= 15 is 0 Å². The molecular weight excluding hydrogens is 312 g/mol. The molecule has 0 N–H and O–H groups in total. The van der Waals surface area contributed by atoms with Crippen molar-refractivity contribution >= 4 is 0 Å². The maximum absolute atomic E-state index is 5.46. The number of benzene rings is 1. The molecule has 2 heterocycles. The average molecular weight is 340 g/mol. The number of likely N-dealkylation sites (tertiary alicyclic amines) is 1. The van der Waals surface area contributed by atoms with Crippen LogP contribution < -0.4 is 0 Å². The topological polar surface area (TPSA) is 45.4 Å². The highest BCUT2D eigenvalue weighted by atomic mass is 16.5. The summed E-state index contributed by atoms with van der Waals surface area (Å²) in [6.07, 6.45) is 5.92. The minimum absolute atomic E-state index is 0.530. The van der Waals surface area contributed by atoms with Crippen LogP contribution in [-0.4, -0.2) is 52.7 Å². The number of nitrogens with zero attached hydrogens (tertiary/aromatic N) is 4. The summed E-state index contributed by atoms with van der Waals surface area (Å²) >= 11 is 0. The molecule has 1 aliphatic carbocycles. The zero-order chi connectivity index (χ0) is 17.1. The minimum Gasteiger partial charge on any atom is -0.339 e. The van der Waals surface area contributed by atoms with Gasteiger partial charge in [0, 0.05) is 18.5 Å². The second kappa shape index (κ2) is 7.67. The Balaban J connectivity index is 1.42. The van der Waals surface area contributed by atoms with E-state index in [0.29, 0.717) is 12.0 Å². The lowest BCUT2D eigenvalue weighted by Crippen LogP contribution is -2.44. The van der Waals surface area contributed by atoms with E-state index < -0.39 is 0 Å². The Kier molecular flexibility index (Phi) is 5.13. The van der Waals surface area contributed by atoms with Crippen LogP contribution in [0.15, 0.2) is 34.9 Å². The maximum atomic E-state index is 5.46. The van der Waals surface area contributed by atoms with E-state index in [2.05, 4.69) is 57.3 Å². The standard InChI is InChI=1S/C20H28N4O/c1-23-12-10-18(11-13-23)24(14-9-16-5-3-2-4-6-16)15-19-21-20(25-22-19)17-7-8-17/h2-6,17-18H,7-15H2,1H3. The molecule has 134 valence electrons. The highest BCUT2D eigenvalue weighted by Gasteiger charge is 2.30. The maximum Gasteiger partial charge on any atom is 0.229 e. The van der Waals surface area contributed by atoms with Crippen LogP contribution in [0, 0.1) is 0 Å². The van der Waals surface area contributed by atoms with E-state index in [1.165, 1.54) is 44.3 Å². The summed E-state index contributed by atoms with van der Waals surface area (Å²) in [5, 5.41) is 4.24. The van der Waals surface area contributed by atoms with Gasteiger partial charge in [-0.1, -0.05) is 35.5 Å². The fourth-order valence-corrected chi connectivity index (χ4v) is 3.68. The predicted octanol–water partition coefficient (Wildman–Crippen LogP) is 3.09. The highest BCUT2D eigenvalue weighted by molar-refractivity contribution is 5.15.